The standard InChI is InChI=1S/C17H16N2O3S/c1-12-14(9-10-21-12)16-18-19-17(22-16)23-11-5-8-15(20)13-6-3-2-4-7-13/h2-4,6-7,9-10H,5,8,11H2,1H3. The molecule has 6 heteroatoms. The number of aryl methyl sites for hydroxylation is 1. The molecule has 2 aromatic heterocycles. The number of hydrogen-bond acceptors (Lipinski definition) is 6. The Kier molecular flexibility index (Phi) is 4.92. The lowest BCUT2D eigenvalue weighted by atomic mass is 10.1. The number of nitrogens with zero attached hydrogens (tertiary/aromatic N) is 2. The number of ketones is 1. The van der Waals surface area contributed by atoms with E-state index >= 15 is 0 Å². The van der Waals surface area contributed by atoms with Crippen LogP contribution in [0.25, 0.3) is 11.5 Å². The number of hydrogen-bond donors (Lipinski definition) is 0. The zero-order valence-corrected chi connectivity index (χ0v) is 13.5. The molecule has 0 aliphatic carbocycles. The summed E-state index contributed by atoms with van der Waals surface area (Å²) in [4.78, 5) is 12.0. The first kappa shape index (κ1) is 15.6. The minimum atomic E-state index is 0.159. The van der Waals surface area contributed by atoms with E-state index in [1.54, 1.807) is 12.3 Å². The van der Waals surface area contributed by atoms with Gasteiger partial charge in [0.1, 0.15) is 5.76 Å². The van der Waals surface area contributed by atoms with Gasteiger partial charge in [0.2, 0.25) is 0 Å². The first-order chi connectivity index (χ1) is 11.2. The third-order valence-electron chi connectivity index (χ3n) is 3.37. The second kappa shape index (κ2) is 7.28. The minimum Gasteiger partial charge on any atom is -0.469 e. The Morgan fingerprint density at radius 3 is 2.74 bits per heavy atom. The van der Waals surface area contributed by atoms with Crippen LogP contribution in [0.1, 0.15) is 29.0 Å². The Bertz CT molecular complexity index is 780. The van der Waals surface area contributed by atoms with Gasteiger partial charge in [-0.15, -0.1) is 10.2 Å². The van der Waals surface area contributed by atoms with Crippen molar-refractivity contribution in [2.75, 3.05) is 5.75 Å². The Morgan fingerprint density at radius 2 is 2.00 bits per heavy atom. The summed E-state index contributed by atoms with van der Waals surface area (Å²) in [5.74, 6) is 2.12. The summed E-state index contributed by atoms with van der Waals surface area (Å²) in [6, 6.07) is 11.1. The smallest absolute Gasteiger partial charge is 0.276 e. The van der Waals surface area contributed by atoms with Crippen LogP contribution in [-0.2, 0) is 0 Å². The quantitative estimate of drug-likeness (QED) is 0.364. The second-order valence-electron chi connectivity index (χ2n) is 5.00. The molecule has 0 aliphatic heterocycles. The van der Waals surface area contributed by atoms with Gasteiger partial charge in [0.15, 0.2) is 5.78 Å². The van der Waals surface area contributed by atoms with Gasteiger partial charge >= 0.3 is 0 Å². The van der Waals surface area contributed by atoms with E-state index in [-0.39, 0.29) is 5.78 Å². The van der Waals surface area contributed by atoms with Gasteiger partial charge in [0.05, 0.1) is 11.8 Å². The van der Waals surface area contributed by atoms with E-state index in [4.69, 9.17) is 8.83 Å². The van der Waals surface area contributed by atoms with Crippen LogP contribution in [-0.4, -0.2) is 21.7 Å². The molecule has 0 bridgehead atoms. The van der Waals surface area contributed by atoms with E-state index in [2.05, 4.69) is 10.2 Å². The van der Waals surface area contributed by atoms with E-state index in [9.17, 15) is 4.79 Å². The van der Waals surface area contributed by atoms with Gasteiger partial charge in [-0.1, -0.05) is 42.1 Å². The fraction of sp³-hybridized carbons (Fsp3) is 0.235. The fourth-order valence-electron chi connectivity index (χ4n) is 2.14. The number of benzene rings is 1. The molecule has 0 unspecified atom stereocenters. The van der Waals surface area contributed by atoms with E-state index < -0.39 is 0 Å². The average Bonchev–Trinajstić information content (AvgIpc) is 3.21. The number of furan rings is 1. The highest BCUT2D eigenvalue weighted by atomic mass is 32.2. The van der Waals surface area contributed by atoms with E-state index in [1.165, 1.54) is 11.8 Å². The van der Waals surface area contributed by atoms with Crippen LogP contribution in [0.15, 0.2) is 56.7 Å². The molecule has 0 saturated carbocycles. The molecule has 3 rings (SSSR count). The maximum atomic E-state index is 12.0. The van der Waals surface area contributed by atoms with Crippen molar-refractivity contribution >= 4 is 17.5 Å². The lowest BCUT2D eigenvalue weighted by molar-refractivity contribution is 0.0982. The molecule has 0 spiro atoms. The van der Waals surface area contributed by atoms with Crippen molar-refractivity contribution in [2.24, 2.45) is 0 Å². The van der Waals surface area contributed by atoms with Crippen LogP contribution < -0.4 is 0 Å². The van der Waals surface area contributed by atoms with Crippen molar-refractivity contribution in [3.05, 3.63) is 54.0 Å². The highest BCUT2D eigenvalue weighted by Crippen LogP contribution is 2.26. The summed E-state index contributed by atoms with van der Waals surface area (Å²) in [6.45, 7) is 1.85. The maximum Gasteiger partial charge on any atom is 0.276 e. The van der Waals surface area contributed by atoms with Gasteiger partial charge < -0.3 is 8.83 Å². The monoisotopic (exact) mass is 328 g/mol. The summed E-state index contributed by atoms with van der Waals surface area (Å²) in [5.41, 5.74) is 1.57. The van der Waals surface area contributed by atoms with Gasteiger partial charge in [0, 0.05) is 17.7 Å². The highest BCUT2D eigenvalue weighted by molar-refractivity contribution is 7.99. The predicted octanol–water partition coefficient (Wildman–Crippen LogP) is 4.39. The van der Waals surface area contributed by atoms with Crippen LogP contribution in [0.2, 0.25) is 0 Å². The molecule has 2 heterocycles. The van der Waals surface area contributed by atoms with E-state index in [0.717, 1.165) is 29.1 Å². The molecule has 5 nitrogen and oxygen atoms in total. The second-order valence-corrected chi connectivity index (χ2v) is 6.05. The Hall–Kier alpha value is -2.34. The topological polar surface area (TPSA) is 69.1 Å². The van der Waals surface area contributed by atoms with Gasteiger partial charge in [-0.2, -0.15) is 0 Å². The van der Waals surface area contributed by atoms with E-state index in [0.29, 0.717) is 17.5 Å². The number of carbonyl (C=O) groups is 1. The highest BCUT2D eigenvalue weighted by Gasteiger charge is 2.13. The molecule has 0 atom stereocenters. The molecule has 0 aliphatic rings. The predicted molar refractivity (Wildman–Crippen MR) is 87.5 cm³/mol. The SMILES string of the molecule is Cc1occc1-c1nnc(SCCCC(=O)c2ccccc2)o1. The number of Topliss-reactive ketones (excluding diaryl/α,β-unsaturated/α-hetero) is 1. The van der Waals surface area contributed by atoms with Crippen molar-refractivity contribution in [3.63, 3.8) is 0 Å². The third kappa shape index (κ3) is 3.90. The number of carbonyl (C=O) groups excluding carboxylic acids is 1. The molecule has 0 radical (unpaired) electrons. The summed E-state index contributed by atoms with van der Waals surface area (Å²) in [5, 5.41) is 8.53. The fourth-order valence-corrected chi connectivity index (χ4v) is 2.84. The first-order valence-corrected chi connectivity index (χ1v) is 8.31. The summed E-state index contributed by atoms with van der Waals surface area (Å²) >= 11 is 1.46. The molecule has 0 saturated heterocycles. The summed E-state index contributed by atoms with van der Waals surface area (Å²) in [7, 11) is 0. The average molecular weight is 328 g/mol. The molecule has 118 valence electrons. The van der Waals surface area contributed by atoms with Crippen molar-refractivity contribution in [2.45, 2.75) is 25.0 Å². The largest absolute Gasteiger partial charge is 0.469 e. The number of rotatable bonds is 7. The van der Waals surface area contributed by atoms with E-state index in [1.807, 2.05) is 37.3 Å². The van der Waals surface area contributed by atoms with Crippen LogP contribution in [0.3, 0.4) is 0 Å². The minimum absolute atomic E-state index is 0.159. The van der Waals surface area contributed by atoms with Crippen LogP contribution in [0.5, 0.6) is 0 Å². The van der Waals surface area contributed by atoms with Crippen molar-refractivity contribution in [3.8, 4) is 11.5 Å². The van der Waals surface area contributed by atoms with Crippen molar-refractivity contribution < 1.29 is 13.6 Å². The Morgan fingerprint density at radius 1 is 1.17 bits per heavy atom. The number of aromatic nitrogens is 2. The zero-order valence-electron chi connectivity index (χ0n) is 12.7. The molecule has 0 N–H and O–H groups in total. The molecule has 1 aromatic carbocycles. The van der Waals surface area contributed by atoms with Crippen molar-refractivity contribution in [1.29, 1.82) is 0 Å². The number of thioether (sulfide) groups is 1. The molecular weight excluding hydrogens is 312 g/mol. The Balaban J connectivity index is 1.47. The molecule has 0 fully saturated rings. The van der Waals surface area contributed by atoms with Gasteiger partial charge in [-0.05, 0) is 19.4 Å². The molecule has 3 aromatic rings. The lowest BCUT2D eigenvalue weighted by Crippen LogP contribution is -1.99. The van der Waals surface area contributed by atoms with Crippen LogP contribution in [0, 0.1) is 6.92 Å². The zero-order chi connectivity index (χ0) is 16.1. The van der Waals surface area contributed by atoms with Gasteiger partial charge in [-0.25, -0.2) is 0 Å². The summed E-state index contributed by atoms with van der Waals surface area (Å²) < 4.78 is 10.8. The normalized spacial score (nSPS) is 10.8. The molecular formula is C17H16N2O3S. The Labute approximate surface area is 138 Å². The summed E-state index contributed by atoms with van der Waals surface area (Å²) in [6.07, 6.45) is 2.87. The molecule has 0 amide bonds. The maximum absolute atomic E-state index is 12.0. The van der Waals surface area contributed by atoms with Gasteiger partial charge in [-0.3, -0.25) is 4.79 Å². The van der Waals surface area contributed by atoms with Crippen molar-refractivity contribution in [1.82, 2.24) is 10.2 Å². The van der Waals surface area contributed by atoms with Crippen LogP contribution in [0.4, 0.5) is 0 Å². The van der Waals surface area contributed by atoms with Crippen LogP contribution >= 0.6 is 11.8 Å². The third-order valence-corrected chi connectivity index (χ3v) is 4.27. The van der Waals surface area contributed by atoms with Gasteiger partial charge in [0.25, 0.3) is 11.1 Å². The first-order valence-electron chi connectivity index (χ1n) is 7.33. The molecule has 23 heavy (non-hydrogen) atoms. The lowest BCUT2D eigenvalue weighted by Gasteiger charge is -1.99.